The number of aryl methyl sites for hydroxylation is 1. The molecule has 0 spiro atoms. The van der Waals surface area contributed by atoms with Gasteiger partial charge in [-0.25, -0.2) is 4.98 Å². The lowest BCUT2D eigenvalue weighted by molar-refractivity contribution is -0.0923. The van der Waals surface area contributed by atoms with E-state index in [1.54, 1.807) is 7.11 Å². The molecule has 1 fully saturated rings. The van der Waals surface area contributed by atoms with Crippen molar-refractivity contribution in [2.75, 3.05) is 26.9 Å². The number of ether oxygens (including phenoxy) is 3. The van der Waals surface area contributed by atoms with Crippen molar-refractivity contribution in [3.63, 3.8) is 0 Å². The smallest absolute Gasteiger partial charge is 0.195 e. The summed E-state index contributed by atoms with van der Waals surface area (Å²) in [5.41, 5.74) is 1.76. The van der Waals surface area contributed by atoms with Crippen molar-refractivity contribution in [2.24, 2.45) is 0 Å². The van der Waals surface area contributed by atoms with Gasteiger partial charge in [-0.2, -0.15) is 0 Å². The molecule has 0 bridgehead atoms. The van der Waals surface area contributed by atoms with Crippen LogP contribution in [0.1, 0.15) is 44.6 Å². The number of methoxy groups -OCH3 is 1. The van der Waals surface area contributed by atoms with Crippen molar-refractivity contribution < 1.29 is 14.2 Å². The van der Waals surface area contributed by atoms with Crippen LogP contribution in [0.2, 0.25) is 0 Å². The number of hydrogen-bond acceptors (Lipinski definition) is 5. The highest BCUT2D eigenvalue weighted by Crippen LogP contribution is 2.47. The Morgan fingerprint density at radius 2 is 2.00 bits per heavy atom. The predicted molar refractivity (Wildman–Crippen MR) is 106 cm³/mol. The second-order valence-electron chi connectivity index (χ2n) is 7.78. The van der Waals surface area contributed by atoms with Crippen molar-refractivity contribution >= 4 is 0 Å². The molecule has 0 radical (unpaired) electrons. The molecule has 1 aliphatic rings. The lowest BCUT2D eigenvalue weighted by Gasteiger charge is -2.45. The zero-order valence-corrected chi connectivity index (χ0v) is 17.2. The van der Waals surface area contributed by atoms with Crippen LogP contribution in [0, 0.1) is 6.92 Å². The first-order valence-corrected chi connectivity index (χ1v) is 9.50. The third-order valence-electron chi connectivity index (χ3n) is 4.90. The molecule has 5 nitrogen and oxygen atoms in total. The van der Waals surface area contributed by atoms with Gasteiger partial charge in [0.05, 0.1) is 20.3 Å². The van der Waals surface area contributed by atoms with E-state index < -0.39 is 5.72 Å². The Balaban J connectivity index is 2.31. The van der Waals surface area contributed by atoms with E-state index in [1.807, 2.05) is 44.2 Å². The Kier molecular flexibility index (Phi) is 5.45. The summed E-state index contributed by atoms with van der Waals surface area (Å²) in [7, 11) is 1.68. The van der Waals surface area contributed by atoms with Gasteiger partial charge in [-0.05, 0) is 58.9 Å². The van der Waals surface area contributed by atoms with Gasteiger partial charge in [0, 0.05) is 23.3 Å². The minimum atomic E-state index is -0.830. The molecule has 27 heavy (non-hydrogen) atoms. The first-order chi connectivity index (χ1) is 12.8. The first-order valence-electron chi connectivity index (χ1n) is 9.50. The van der Waals surface area contributed by atoms with E-state index in [9.17, 15) is 0 Å². The van der Waals surface area contributed by atoms with Gasteiger partial charge in [0.2, 0.25) is 0 Å². The second-order valence-corrected chi connectivity index (χ2v) is 7.78. The second kappa shape index (κ2) is 7.49. The summed E-state index contributed by atoms with van der Waals surface area (Å²) in [4.78, 5) is 7.27. The number of aromatic nitrogens is 1. The van der Waals surface area contributed by atoms with Crippen molar-refractivity contribution in [2.45, 2.75) is 45.9 Å². The third-order valence-corrected chi connectivity index (χ3v) is 4.90. The summed E-state index contributed by atoms with van der Waals surface area (Å²) < 4.78 is 18.0. The minimum absolute atomic E-state index is 0.130. The van der Waals surface area contributed by atoms with Crippen molar-refractivity contribution in [3.05, 3.63) is 53.3 Å². The van der Waals surface area contributed by atoms with E-state index in [2.05, 4.69) is 31.7 Å². The highest BCUT2D eigenvalue weighted by Gasteiger charge is 2.52. The molecule has 0 amide bonds. The summed E-state index contributed by atoms with van der Waals surface area (Å²) in [6.45, 7) is 12.6. The van der Waals surface area contributed by atoms with Crippen LogP contribution in [0.4, 0.5) is 0 Å². The van der Waals surface area contributed by atoms with E-state index in [-0.39, 0.29) is 5.54 Å². The van der Waals surface area contributed by atoms with Crippen LogP contribution in [0.5, 0.6) is 11.5 Å². The molecule has 3 rings (SSSR count). The normalized spacial score (nSPS) is 20.7. The highest BCUT2D eigenvalue weighted by molar-refractivity contribution is 5.44. The van der Waals surface area contributed by atoms with E-state index in [0.29, 0.717) is 13.2 Å². The number of rotatable bonds is 5. The van der Waals surface area contributed by atoms with Gasteiger partial charge in [-0.1, -0.05) is 12.1 Å². The monoisotopic (exact) mass is 370 g/mol. The lowest BCUT2D eigenvalue weighted by atomic mass is 9.91. The van der Waals surface area contributed by atoms with Crippen LogP contribution in [-0.4, -0.2) is 42.3 Å². The molecule has 2 heterocycles. The van der Waals surface area contributed by atoms with Crippen LogP contribution < -0.4 is 9.47 Å². The van der Waals surface area contributed by atoms with Crippen LogP contribution >= 0.6 is 0 Å². The average Bonchev–Trinajstić information content (AvgIpc) is 3.10. The molecule has 1 saturated heterocycles. The third kappa shape index (κ3) is 3.54. The Morgan fingerprint density at radius 1 is 1.22 bits per heavy atom. The van der Waals surface area contributed by atoms with Gasteiger partial charge < -0.3 is 14.2 Å². The van der Waals surface area contributed by atoms with Crippen molar-refractivity contribution in [1.29, 1.82) is 0 Å². The minimum Gasteiger partial charge on any atom is -0.497 e. The van der Waals surface area contributed by atoms with Gasteiger partial charge >= 0.3 is 0 Å². The summed E-state index contributed by atoms with van der Waals surface area (Å²) in [6.07, 6.45) is 0. The summed E-state index contributed by atoms with van der Waals surface area (Å²) in [5, 5.41) is 0. The number of nitrogens with zero attached hydrogens (tertiary/aromatic N) is 2. The maximum absolute atomic E-state index is 6.52. The number of hydrogen-bond donors (Lipinski definition) is 0. The Labute approximate surface area is 162 Å². The summed E-state index contributed by atoms with van der Waals surface area (Å²) in [5.74, 6) is 1.55. The van der Waals surface area contributed by atoms with E-state index in [0.717, 1.165) is 35.0 Å². The zero-order valence-electron chi connectivity index (χ0n) is 17.2. The van der Waals surface area contributed by atoms with Gasteiger partial charge in [-0.15, -0.1) is 0 Å². The van der Waals surface area contributed by atoms with E-state index in [1.165, 1.54) is 0 Å². The maximum atomic E-state index is 6.52. The topological polar surface area (TPSA) is 43.8 Å². The largest absolute Gasteiger partial charge is 0.497 e. The number of pyridine rings is 1. The number of benzene rings is 1. The predicted octanol–water partition coefficient (Wildman–Crippen LogP) is 4.13. The summed E-state index contributed by atoms with van der Waals surface area (Å²) in [6, 6.07) is 12.0. The molecular formula is C22H30N2O3. The molecule has 1 atom stereocenters. The average molecular weight is 370 g/mol. The van der Waals surface area contributed by atoms with Gasteiger partial charge in [0.25, 0.3) is 0 Å². The van der Waals surface area contributed by atoms with E-state index >= 15 is 0 Å². The van der Waals surface area contributed by atoms with Crippen LogP contribution in [0.3, 0.4) is 0 Å². The molecule has 2 aromatic rings. The molecule has 1 aromatic heterocycles. The standard InChI is InChI=1S/C22H30N2O3/c1-7-26-19-12-11-16(2)23-20(19)22(17-9-8-10-18(15-17)25-6)24(13-14-27-22)21(3,4)5/h8-12,15H,7,13-14H2,1-6H3. The van der Waals surface area contributed by atoms with Crippen molar-refractivity contribution in [3.8, 4) is 11.5 Å². The zero-order chi connectivity index (χ0) is 19.7. The lowest BCUT2D eigenvalue weighted by Crippen LogP contribution is -2.53. The Morgan fingerprint density at radius 3 is 2.67 bits per heavy atom. The van der Waals surface area contributed by atoms with Gasteiger partial charge in [0.15, 0.2) is 5.72 Å². The van der Waals surface area contributed by atoms with Crippen LogP contribution in [0.15, 0.2) is 36.4 Å². The Hall–Kier alpha value is -2.11. The maximum Gasteiger partial charge on any atom is 0.195 e. The van der Waals surface area contributed by atoms with Gasteiger partial charge in [0.1, 0.15) is 17.2 Å². The molecule has 1 unspecified atom stereocenters. The molecule has 1 aromatic carbocycles. The molecule has 146 valence electrons. The fourth-order valence-corrected chi connectivity index (χ4v) is 3.79. The fraction of sp³-hybridized carbons (Fsp3) is 0.500. The van der Waals surface area contributed by atoms with Gasteiger partial charge in [-0.3, -0.25) is 4.90 Å². The molecule has 0 N–H and O–H groups in total. The van der Waals surface area contributed by atoms with Crippen LogP contribution in [0.25, 0.3) is 0 Å². The highest BCUT2D eigenvalue weighted by atomic mass is 16.5. The van der Waals surface area contributed by atoms with Crippen molar-refractivity contribution in [1.82, 2.24) is 9.88 Å². The van der Waals surface area contributed by atoms with E-state index in [4.69, 9.17) is 19.2 Å². The summed E-state index contributed by atoms with van der Waals surface area (Å²) >= 11 is 0. The molecule has 0 aliphatic carbocycles. The quantitative estimate of drug-likeness (QED) is 0.792. The molecular weight excluding hydrogens is 340 g/mol. The first kappa shape index (κ1) is 19.6. The molecule has 0 saturated carbocycles. The molecule has 5 heteroatoms. The SMILES string of the molecule is CCOc1ccc(C)nc1C1(c2cccc(OC)c2)OCCN1C(C)(C)C. The fourth-order valence-electron chi connectivity index (χ4n) is 3.79. The van der Waals surface area contributed by atoms with Crippen LogP contribution in [-0.2, 0) is 10.5 Å². The molecule has 1 aliphatic heterocycles. The Bertz CT molecular complexity index is 800.